The van der Waals surface area contributed by atoms with E-state index in [4.69, 9.17) is 9.72 Å². The number of benzene rings is 2. The molecule has 2 bridgehead atoms. The minimum atomic E-state index is -5.02. The Morgan fingerprint density at radius 2 is 1.45 bits per heavy atom. The number of amides is 4. The van der Waals surface area contributed by atoms with Crippen molar-refractivity contribution in [2.45, 2.75) is 116 Å². The lowest BCUT2D eigenvalue weighted by atomic mass is 9.82. The Hall–Kier alpha value is -6.87. The molecule has 0 radical (unpaired) electrons. The summed E-state index contributed by atoms with van der Waals surface area (Å²) in [6, 6.07) is 14.8. The van der Waals surface area contributed by atoms with Crippen LogP contribution in [0.1, 0.15) is 76.3 Å². The Labute approximate surface area is 431 Å². The maximum Gasteiger partial charge on any atom is 0.407 e. The lowest BCUT2D eigenvalue weighted by molar-refractivity contribution is -0.220. The fourth-order valence-electron chi connectivity index (χ4n) is 9.47. The predicted octanol–water partition coefficient (Wildman–Crippen LogP) is 5.71. The third-order valence-electron chi connectivity index (χ3n) is 13.9. The van der Waals surface area contributed by atoms with Crippen LogP contribution in [0.5, 0.6) is 0 Å². The van der Waals surface area contributed by atoms with Crippen molar-refractivity contribution >= 4 is 29.8 Å². The van der Waals surface area contributed by atoms with Gasteiger partial charge in [0.2, 0.25) is 5.91 Å². The van der Waals surface area contributed by atoms with Crippen LogP contribution in [-0.2, 0) is 32.0 Å². The Balaban J connectivity index is 1.12. The number of pyridine rings is 1. The topological polar surface area (TPSA) is 216 Å². The maximum atomic E-state index is 14.5. The zero-order valence-corrected chi connectivity index (χ0v) is 42.4. The summed E-state index contributed by atoms with van der Waals surface area (Å²) in [4.78, 5) is 61.9. The molecule has 4 aromatic rings. The Bertz CT molecular complexity index is 2670. The first kappa shape index (κ1) is 55.9. The van der Waals surface area contributed by atoms with Crippen LogP contribution in [-0.4, -0.2) is 147 Å². The number of piperazine rings is 1. The number of hydrogen-bond acceptors (Lipinski definition) is 12. The summed E-state index contributed by atoms with van der Waals surface area (Å²) in [6.07, 6.45) is -4.56. The molecular formula is C52H63F5N10O8. The first-order chi connectivity index (χ1) is 35.4. The Morgan fingerprint density at radius 1 is 0.827 bits per heavy atom. The zero-order valence-electron chi connectivity index (χ0n) is 42.4. The number of aliphatic hydroxyl groups excluding tert-OH is 1. The molecule has 3 saturated heterocycles. The van der Waals surface area contributed by atoms with E-state index in [1.165, 1.54) is 11.1 Å². The summed E-state index contributed by atoms with van der Waals surface area (Å²) in [5.74, 6) is 4.98. The number of aromatic nitrogens is 3. The SMILES string of the molecule is COC(=O)N[C@H](C(=O)N[C@@H](Cc1ccc(C#Cc2ccc(N3CC4CCC(C3)N4C3COC3)nc2)cc1)[C@@H](O)CN(Cc1ccc(-c2ccn(C(F)F)n2)cc1)NC(=O)[C@@H](NC(=O)O)C(C)(C)C)C(C)(C)C(F)(F)F. The highest BCUT2D eigenvalue weighted by Gasteiger charge is 2.56. The van der Waals surface area contributed by atoms with Gasteiger partial charge in [-0.15, -0.1) is 0 Å². The summed E-state index contributed by atoms with van der Waals surface area (Å²) >= 11 is 0. The number of carbonyl (C=O) groups is 4. The van der Waals surface area contributed by atoms with Crippen molar-refractivity contribution in [1.82, 2.24) is 46.0 Å². The highest BCUT2D eigenvalue weighted by Crippen LogP contribution is 2.41. The van der Waals surface area contributed by atoms with Gasteiger partial charge in [0.05, 0.1) is 49.6 Å². The molecule has 3 aliphatic heterocycles. The molecule has 0 aliphatic carbocycles. The number of methoxy groups -OCH3 is 1. The minimum absolute atomic E-state index is 0.174. The number of alkyl carbamates (subject to hydrolysis) is 1. The number of aliphatic hydroxyl groups is 1. The molecule has 404 valence electrons. The van der Waals surface area contributed by atoms with Crippen molar-refractivity contribution in [2.75, 3.05) is 44.9 Å². The summed E-state index contributed by atoms with van der Waals surface area (Å²) in [6.45, 7) is 6.14. The van der Waals surface area contributed by atoms with Crippen LogP contribution in [0.2, 0.25) is 0 Å². The van der Waals surface area contributed by atoms with Gasteiger partial charge < -0.3 is 40.5 Å². The highest BCUT2D eigenvalue weighted by molar-refractivity contribution is 5.87. The van der Waals surface area contributed by atoms with E-state index < -0.39 is 78.3 Å². The fourth-order valence-corrected chi connectivity index (χ4v) is 9.47. The number of ether oxygens (including phenoxy) is 2. The molecule has 2 unspecified atom stereocenters. The lowest BCUT2D eigenvalue weighted by Gasteiger charge is -2.47. The summed E-state index contributed by atoms with van der Waals surface area (Å²) in [5.41, 5.74) is 1.82. The molecule has 3 aliphatic rings. The van der Waals surface area contributed by atoms with Crippen molar-refractivity contribution < 1.29 is 60.8 Å². The number of rotatable bonds is 18. The van der Waals surface area contributed by atoms with Crippen LogP contribution in [0.4, 0.5) is 37.4 Å². The molecule has 7 rings (SSSR count). The number of nitrogens with zero attached hydrogens (tertiary/aromatic N) is 6. The number of nitrogens with one attached hydrogen (secondary N) is 4. The van der Waals surface area contributed by atoms with Crippen LogP contribution < -0.4 is 26.3 Å². The fraction of sp³-hybridized carbons (Fsp3) is 0.500. The second-order valence-corrected chi connectivity index (χ2v) is 20.7. The number of alkyl halides is 5. The maximum absolute atomic E-state index is 14.5. The van der Waals surface area contributed by atoms with E-state index >= 15 is 0 Å². The number of anilines is 1. The molecule has 75 heavy (non-hydrogen) atoms. The van der Waals surface area contributed by atoms with Crippen LogP contribution in [0, 0.1) is 22.7 Å². The van der Waals surface area contributed by atoms with Gasteiger partial charge in [0.1, 0.15) is 17.9 Å². The quantitative estimate of drug-likeness (QED) is 0.0401. The monoisotopic (exact) mass is 1050 g/mol. The van der Waals surface area contributed by atoms with Crippen LogP contribution in [0.25, 0.3) is 11.3 Å². The average molecular weight is 1050 g/mol. The van der Waals surface area contributed by atoms with Gasteiger partial charge in [0.25, 0.3) is 5.91 Å². The minimum Gasteiger partial charge on any atom is -0.465 e. The molecular weight excluding hydrogens is 988 g/mol. The van der Waals surface area contributed by atoms with Gasteiger partial charge in [-0.25, -0.2) is 24.3 Å². The van der Waals surface area contributed by atoms with Gasteiger partial charge in [-0.2, -0.15) is 27.1 Å². The molecule has 6 N–H and O–H groups in total. The molecule has 4 amide bonds. The zero-order chi connectivity index (χ0) is 54.4. The predicted molar refractivity (Wildman–Crippen MR) is 265 cm³/mol. The second-order valence-electron chi connectivity index (χ2n) is 20.7. The smallest absolute Gasteiger partial charge is 0.407 e. The van der Waals surface area contributed by atoms with Crippen molar-refractivity contribution in [3.63, 3.8) is 0 Å². The third kappa shape index (κ3) is 13.9. The Morgan fingerprint density at radius 3 is 1.99 bits per heavy atom. The Kier molecular flexibility index (Phi) is 17.4. The first-order valence-corrected chi connectivity index (χ1v) is 24.4. The van der Waals surface area contributed by atoms with E-state index in [0.717, 1.165) is 72.1 Å². The largest absolute Gasteiger partial charge is 0.465 e. The van der Waals surface area contributed by atoms with Gasteiger partial charge in [-0.05, 0) is 80.0 Å². The number of hydrazine groups is 1. The molecule has 0 spiro atoms. The molecule has 0 saturated carbocycles. The van der Waals surface area contributed by atoms with Crippen LogP contribution >= 0.6 is 0 Å². The van der Waals surface area contributed by atoms with Crippen molar-refractivity contribution in [3.8, 4) is 23.1 Å². The van der Waals surface area contributed by atoms with E-state index in [-0.39, 0.29) is 18.7 Å². The molecule has 2 aromatic heterocycles. The van der Waals surface area contributed by atoms with E-state index in [1.54, 1.807) is 75.5 Å². The molecule has 23 heteroatoms. The van der Waals surface area contributed by atoms with Crippen molar-refractivity contribution in [3.05, 3.63) is 101 Å². The molecule has 18 nitrogen and oxygen atoms in total. The van der Waals surface area contributed by atoms with Gasteiger partial charge in [0.15, 0.2) is 0 Å². The summed E-state index contributed by atoms with van der Waals surface area (Å²) < 4.78 is 80.6. The molecule has 3 fully saturated rings. The van der Waals surface area contributed by atoms with Crippen LogP contribution in [0.15, 0.2) is 79.1 Å². The van der Waals surface area contributed by atoms with Gasteiger partial charge in [-0.3, -0.25) is 19.9 Å². The molecule has 2 aromatic carbocycles. The number of fused-ring (bicyclic) bond motifs is 2. The molecule has 5 heterocycles. The van der Waals surface area contributed by atoms with E-state index in [9.17, 15) is 51.3 Å². The van der Waals surface area contributed by atoms with E-state index in [1.807, 2.05) is 17.4 Å². The lowest BCUT2D eigenvalue weighted by Crippen LogP contribution is -2.63. The number of halogens is 5. The first-order valence-electron chi connectivity index (χ1n) is 24.4. The van der Waals surface area contributed by atoms with Gasteiger partial charge in [-0.1, -0.05) is 69.0 Å². The summed E-state index contributed by atoms with van der Waals surface area (Å²) in [5, 5.41) is 33.6. The average Bonchev–Trinajstić information content (AvgIpc) is 3.92. The number of carbonyl (C=O) groups excluding carboxylic acids is 3. The van der Waals surface area contributed by atoms with E-state index in [2.05, 4.69) is 47.5 Å². The van der Waals surface area contributed by atoms with Crippen LogP contribution in [0.3, 0.4) is 0 Å². The second kappa shape index (κ2) is 23.3. The van der Waals surface area contributed by atoms with Crippen molar-refractivity contribution in [2.24, 2.45) is 10.8 Å². The standard InChI is InChI=1S/C52H63F5N10O8/c1-50(2,3)43(60-48(71)72)46(70)63-65(25-34-13-16-35(17-14-34)39-21-22-66(62-39)47(53)54)28-41(68)40(59-45(69)44(61-49(73)74-6)51(4,5)52(55,56)57)23-32-10-7-31(8-11-32)9-12-33-15-20-42(58-24-33)64-26-36-18-19-37(27-64)67(36)38-29-75-30-38/h7-8,10-11,13-17,20-22,24,36-38,40-41,43-44,47,60,68H,18-19,23,25-30H2,1-6H3,(H,59,69)(H,61,73)(H,63,70)(H,71,72)/t36?,37?,40-,41-,43+,44+/m0/s1. The third-order valence-corrected chi connectivity index (χ3v) is 13.9. The number of hydrogen-bond donors (Lipinski definition) is 6. The van der Waals surface area contributed by atoms with Crippen molar-refractivity contribution in [1.29, 1.82) is 0 Å². The number of carboxylic acid groups (broad SMARTS) is 1. The highest BCUT2D eigenvalue weighted by atomic mass is 19.4. The summed E-state index contributed by atoms with van der Waals surface area (Å²) in [7, 11) is 0.921. The molecule has 6 atom stereocenters. The van der Waals surface area contributed by atoms with Gasteiger partial charge >= 0.3 is 24.9 Å². The normalized spacial score (nSPS) is 18.8. The van der Waals surface area contributed by atoms with E-state index in [0.29, 0.717) is 50.6 Å². The van der Waals surface area contributed by atoms with Gasteiger partial charge in [0, 0.05) is 67.3 Å².